The number of pyridine rings is 1. The fraction of sp³-hybridized carbons (Fsp3) is 0.286. The topological polar surface area (TPSA) is 66.7 Å². The molecule has 1 aliphatic rings. The summed E-state index contributed by atoms with van der Waals surface area (Å²) in [7, 11) is 0. The van der Waals surface area contributed by atoms with Crippen LogP contribution in [-0.4, -0.2) is 45.7 Å². The summed E-state index contributed by atoms with van der Waals surface area (Å²) in [5, 5.41) is 2.93. The number of carbonyl (C=O) groups is 2. The van der Waals surface area contributed by atoms with Crippen molar-refractivity contribution in [3.63, 3.8) is 0 Å². The number of benzene rings is 1. The summed E-state index contributed by atoms with van der Waals surface area (Å²) < 4.78 is 1.91. The van der Waals surface area contributed by atoms with Crippen LogP contribution in [0.1, 0.15) is 29.6 Å². The molecular weight excluding hydrogens is 340 g/mol. The summed E-state index contributed by atoms with van der Waals surface area (Å²) in [5.41, 5.74) is 3.25. The SMILES string of the molecule is O=C(NCCCN1CCCC1=O)c1ccn2cc(-c3ccccc3)nc2c1. The highest BCUT2D eigenvalue weighted by atomic mass is 16.2. The van der Waals surface area contributed by atoms with Gasteiger partial charge >= 0.3 is 0 Å². The molecule has 3 aromatic rings. The van der Waals surface area contributed by atoms with Crippen molar-refractivity contribution in [1.82, 2.24) is 19.6 Å². The summed E-state index contributed by atoms with van der Waals surface area (Å²) in [6.07, 6.45) is 6.18. The molecule has 1 aliphatic heterocycles. The number of nitrogens with zero attached hydrogens (tertiary/aromatic N) is 3. The first kappa shape index (κ1) is 17.3. The van der Waals surface area contributed by atoms with Crippen molar-refractivity contribution in [3.8, 4) is 11.3 Å². The first-order chi connectivity index (χ1) is 13.2. The molecular formula is C21H22N4O2. The van der Waals surface area contributed by atoms with Crippen molar-refractivity contribution in [2.45, 2.75) is 19.3 Å². The molecule has 0 radical (unpaired) electrons. The molecule has 0 unspecified atom stereocenters. The Kier molecular flexibility index (Phi) is 4.87. The zero-order chi connectivity index (χ0) is 18.6. The largest absolute Gasteiger partial charge is 0.352 e. The third kappa shape index (κ3) is 3.84. The summed E-state index contributed by atoms with van der Waals surface area (Å²) in [6.45, 7) is 2.10. The second-order valence-corrected chi connectivity index (χ2v) is 6.77. The first-order valence-electron chi connectivity index (χ1n) is 9.31. The normalized spacial score (nSPS) is 14.1. The lowest BCUT2D eigenvalue weighted by Gasteiger charge is -2.15. The average Bonchev–Trinajstić information content (AvgIpc) is 3.31. The van der Waals surface area contributed by atoms with E-state index in [2.05, 4.69) is 10.3 Å². The van der Waals surface area contributed by atoms with Crippen LogP contribution in [0, 0.1) is 0 Å². The van der Waals surface area contributed by atoms with Crippen LogP contribution in [0.15, 0.2) is 54.9 Å². The number of aromatic nitrogens is 2. The van der Waals surface area contributed by atoms with E-state index in [1.54, 1.807) is 12.1 Å². The number of rotatable bonds is 6. The molecule has 6 nitrogen and oxygen atoms in total. The summed E-state index contributed by atoms with van der Waals surface area (Å²) in [5.74, 6) is 0.106. The van der Waals surface area contributed by atoms with Crippen molar-refractivity contribution in [1.29, 1.82) is 0 Å². The molecule has 3 heterocycles. The van der Waals surface area contributed by atoms with Gasteiger partial charge in [-0.15, -0.1) is 0 Å². The number of hydrogen-bond acceptors (Lipinski definition) is 3. The Morgan fingerprint density at radius 3 is 2.81 bits per heavy atom. The Morgan fingerprint density at radius 2 is 2.04 bits per heavy atom. The van der Waals surface area contributed by atoms with Crippen LogP contribution in [0.25, 0.3) is 16.9 Å². The van der Waals surface area contributed by atoms with E-state index in [1.165, 1.54) is 0 Å². The van der Waals surface area contributed by atoms with E-state index in [0.29, 0.717) is 25.1 Å². The number of carbonyl (C=O) groups excluding carboxylic acids is 2. The number of likely N-dealkylation sites (tertiary alicyclic amines) is 1. The number of nitrogens with one attached hydrogen (secondary N) is 1. The average molecular weight is 362 g/mol. The molecule has 2 aromatic heterocycles. The van der Waals surface area contributed by atoms with Crippen molar-refractivity contribution >= 4 is 17.5 Å². The molecule has 1 N–H and O–H groups in total. The Balaban J connectivity index is 1.38. The highest BCUT2D eigenvalue weighted by molar-refractivity contribution is 5.95. The maximum atomic E-state index is 12.4. The quantitative estimate of drug-likeness (QED) is 0.686. The minimum absolute atomic E-state index is 0.116. The summed E-state index contributed by atoms with van der Waals surface area (Å²) >= 11 is 0. The Morgan fingerprint density at radius 1 is 1.19 bits per heavy atom. The van der Waals surface area contributed by atoms with Gasteiger partial charge in [0.2, 0.25) is 5.91 Å². The van der Waals surface area contributed by atoms with Gasteiger partial charge in [0.1, 0.15) is 5.65 Å². The van der Waals surface area contributed by atoms with Crippen molar-refractivity contribution in [2.75, 3.05) is 19.6 Å². The monoisotopic (exact) mass is 362 g/mol. The smallest absolute Gasteiger partial charge is 0.251 e. The van der Waals surface area contributed by atoms with Gasteiger partial charge in [-0.1, -0.05) is 30.3 Å². The van der Waals surface area contributed by atoms with E-state index < -0.39 is 0 Å². The van der Waals surface area contributed by atoms with Crippen LogP contribution in [0.5, 0.6) is 0 Å². The number of imidazole rings is 1. The molecule has 0 saturated carbocycles. The second kappa shape index (κ2) is 7.61. The van der Waals surface area contributed by atoms with E-state index >= 15 is 0 Å². The first-order valence-corrected chi connectivity index (χ1v) is 9.31. The molecule has 0 atom stereocenters. The molecule has 0 aliphatic carbocycles. The molecule has 6 heteroatoms. The van der Waals surface area contributed by atoms with Crippen LogP contribution in [0.3, 0.4) is 0 Å². The van der Waals surface area contributed by atoms with Crippen LogP contribution in [0.2, 0.25) is 0 Å². The van der Waals surface area contributed by atoms with Gasteiger partial charge in [-0.3, -0.25) is 9.59 Å². The number of hydrogen-bond donors (Lipinski definition) is 1. The standard InChI is InChI=1S/C21H22N4O2/c26-20-8-4-11-24(20)12-5-10-22-21(27)17-9-13-25-15-18(23-19(25)14-17)16-6-2-1-3-7-16/h1-3,6-7,9,13-15H,4-5,8,10-12H2,(H,22,27). The fourth-order valence-corrected chi connectivity index (χ4v) is 3.39. The second-order valence-electron chi connectivity index (χ2n) is 6.77. The van der Waals surface area contributed by atoms with E-state index in [4.69, 9.17) is 0 Å². The zero-order valence-electron chi connectivity index (χ0n) is 15.1. The van der Waals surface area contributed by atoms with Gasteiger partial charge in [-0.25, -0.2) is 4.98 Å². The van der Waals surface area contributed by atoms with Crippen LogP contribution >= 0.6 is 0 Å². The van der Waals surface area contributed by atoms with E-state index in [-0.39, 0.29) is 11.8 Å². The fourth-order valence-electron chi connectivity index (χ4n) is 3.39. The minimum atomic E-state index is -0.116. The van der Waals surface area contributed by atoms with Gasteiger partial charge < -0.3 is 14.6 Å². The summed E-state index contributed by atoms with van der Waals surface area (Å²) in [4.78, 5) is 30.5. The lowest BCUT2D eigenvalue weighted by atomic mass is 10.2. The lowest BCUT2D eigenvalue weighted by molar-refractivity contribution is -0.127. The maximum Gasteiger partial charge on any atom is 0.251 e. The maximum absolute atomic E-state index is 12.4. The number of amides is 2. The van der Waals surface area contributed by atoms with Gasteiger partial charge in [0.05, 0.1) is 5.69 Å². The molecule has 1 aromatic carbocycles. The van der Waals surface area contributed by atoms with Gasteiger partial charge in [-0.05, 0) is 25.0 Å². The van der Waals surface area contributed by atoms with E-state index in [9.17, 15) is 9.59 Å². The van der Waals surface area contributed by atoms with Crippen molar-refractivity contribution in [2.24, 2.45) is 0 Å². The molecule has 2 amide bonds. The molecule has 0 bridgehead atoms. The summed E-state index contributed by atoms with van der Waals surface area (Å²) in [6, 6.07) is 13.6. The lowest BCUT2D eigenvalue weighted by Crippen LogP contribution is -2.30. The molecule has 138 valence electrons. The van der Waals surface area contributed by atoms with E-state index in [1.807, 2.05) is 52.0 Å². The van der Waals surface area contributed by atoms with Crippen LogP contribution in [-0.2, 0) is 4.79 Å². The molecule has 27 heavy (non-hydrogen) atoms. The predicted molar refractivity (Wildman–Crippen MR) is 103 cm³/mol. The predicted octanol–water partition coefficient (Wildman–Crippen LogP) is 2.74. The van der Waals surface area contributed by atoms with Crippen molar-refractivity contribution < 1.29 is 9.59 Å². The number of fused-ring (bicyclic) bond motifs is 1. The van der Waals surface area contributed by atoms with Gasteiger partial charge in [0, 0.05) is 49.6 Å². The van der Waals surface area contributed by atoms with E-state index in [0.717, 1.165) is 36.3 Å². The Labute approximate surface area is 157 Å². The highest BCUT2D eigenvalue weighted by Gasteiger charge is 2.19. The van der Waals surface area contributed by atoms with Gasteiger partial charge in [-0.2, -0.15) is 0 Å². The van der Waals surface area contributed by atoms with Crippen LogP contribution < -0.4 is 5.32 Å². The van der Waals surface area contributed by atoms with Gasteiger partial charge in [0.15, 0.2) is 0 Å². The molecule has 4 rings (SSSR count). The third-order valence-electron chi connectivity index (χ3n) is 4.85. The third-order valence-corrected chi connectivity index (χ3v) is 4.85. The minimum Gasteiger partial charge on any atom is -0.352 e. The zero-order valence-corrected chi connectivity index (χ0v) is 15.1. The Hall–Kier alpha value is -3.15. The Bertz CT molecular complexity index is 965. The highest BCUT2D eigenvalue weighted by Crippen LogP contribution is 2.19. The van der Waals surface area contributed by atoms with Crippen molar-refractivity contribution in [3.05, 3.63) is 60.4 Å². The molecule has 1 saturated heterocycles. The molecule has 1 fully saturated rings. The molecule has 0 spiro atoms. The van der Waals surface area contributed by atoms with Crippen LogP contribution in [0.4, 0.5) is 0 Å². The van der Waals surface area contributed by atoms with Gasteiger partial charge in [0.25, 0.3) is 5.91 Å².